The van der Waals surface area contributed by atoms with Gasteiger partial charge in [-0.15, -0.1) is 0 Å². The van der Waals surface area contributed by atoms with E-state index in [0.29, 0.717) is 0 Å². The van der Waals surface area contributed by atoms with E-state index < -0.39 is 30.5 Å². The number of alkyl halides is 3. The maximum Gasteiger partial charge on any atom is 0.391 e. The van der Waals surface area contributed by atoms with Crippen LogP contribution in [0.3, 0.4) is 0 Å². The summed E-state index contributed by atoms with van der Waals surface area (Å²) >= 11 is 0. The highest BCUT2D eigenvalue weighted by atomic mass is 19.4. The van der Waals surface area contributed by atoms with Crippen LogP contribution in [0.25, 0.3) is 0 Å². The Bertz CT molecular complexity index is 586. The highest BCUT2D eigenvalue weighted by Gasteiger charge is 2.36. The Hall–Kier alpha value is -2.05. The van der Waals surface area contributed by atoms with Crippen LogP contribution in [0.4, 0.5) is 13.2 Å². The minimum absolute atomic E-state index is 0.00134. The molecule has 7 heteroatoms. The Morgan fingerprint density at radius 2 is 2.00 bits per heavy atom. The van der Waals surface area contributed by atoms with Crippen LogP contribution in [0.5, 0.6) is 0 Å². The topological polar surface area (TPSA) is 66.4 Å². The van der Waals surface area contributed by atoms with Crippen molar-refractivity contribution in [3.63, 3.8) is 0 Å². The second-order valence-corrected chi connectivity index (χ2v) is 5.77. The zero-order chi connectivity index (χ0) is 17.0. The van der Waals surface area contributed by atoms with Crippen LogP contribution in [0.15, 0.2) is 24.3 Å². The number of hydrogen-bond donors (Lipinski definition) is 2. The zero-order valence-electron chi connectivity index (χ0n) is 12.4. The summed E-state index contributed by atoms with van der Waals surface area (Å²) in [5, 5.41) is 10.8. The number of carboxylic acids is 1. The van der Waals surface area contributed by atoms with Crippen molar-refractivity contribution in [2.24, 2.45) is 0 Å². The molecule has 0 spiro atoms. The molecule has 4 nitrogen and oxygen atoms in total. The number of hydrogen-bond acceptors (Lipinski definition) is 2. The van der Waals surface area contributed by atoms with Crippen LogP contribution in [0, 0.1) is 0 Å². The number of rotatable bonds is 5. The molecular weight excluding hydrogens is 311 g/mol. The van der Waals surface area contributed by atoms with E-state index in [1.54, 1.807) is 0 Å². The fourth-order valence-electron chi connectivity index (χ4n) is 2.98. The summed E-state index contributed by atoms with van der Waals surface area (Å²) in [6.07, 6.45) is -3.64. The number of carbonyl (C=O) groups excluding carboxylic acids is 1. The molecule has 0 fully saturated rings. The van der Waals surface area contributed by atoms with Gasteiger partial charge in [-0.3, -0.25) is 4.79 Å². The van der Waals surface area contributed by atoms with Crippen LogP contribution in [-0.4, -0.2) is 29.2 Å². The quantitative estimate of drug-likeness (QED) is 0.873. The van der Waals surface area contributed by atoms with Gasteiger partial charge in [0.05, 0.1) is 6.42 Å². The zero-order valence-corrected chi connectivity index (χ0v) is 12.4. The highest BCUT2D eigenvalue weighted by Crippen LogP contribution is 2.33. The third kappa shape index (κ3) is 4.97. The molecule has 2 N–H and O–H groups in total. The normalized spacial score (nSPS) is 18.8. The number of aryl methyl sites for hydroxylation is 1. The molecule has 1 aromatic rings. The first-order valence-electron chi connectivity index (χ1n) is 7.43. The van der Waals surface area contributed by atoms with Crippen molar-refractivity contribution in [3.05, 3.63) is 35.4 Å². The van der Waals surface area contributed by atoms with Gasteiger partial charge in [-0.1, -0.05) is 24.3 Å². The predicted molar refractivity (Wildman–Crippen MR) is 77.0 cm³/mol. The molecule has 0 saturated carbocycles. The third-order valence-corrected chi connectivity index (χ3v) is 3.99. The fraction of sp³-hybridized carbons (Fsp3) is 0.500. The Labute approximate surface area is 131 Å². The maximum absolute atomic E-state index is 12.4. The summed E-state index contributed by atoms with van der Waals surface area (Å²) in [5.41, 5.74) is 2.17. The molecular formula is C16H18F3NO3. The van der Waals surface area contributed by atoms with E-state index in [1.165, 1.54) is 0 Å². The minimum Gasteiger partial charge on any atom is -0.480 e. The molecule has 0 aromatic heterocycles. The smallest absolute Gasteiger partial charge is 0.391 e. The molecule has 2 rings (SSSR count). The monoisotopic (exact) mass is 329 g/mol. The standard InChI is InChI=1S/C16H18F3NO3/c17-16(18,19)9-13(15(22)23)20-14(21)8-11-6-3-5-10-4-1-2-7-12(10)11/h1-2,4,7,11,13H,3,5-6,8-9H2,(H,20,21)(H,22,23). The van der Waals surface area contributed by atoms with Gasteiger partial charge in [0.1, 0.15) is 6.04 Å². The molecule has 1 amide bonds. The van der Waals surface area contributed by atoms with E-state index in [4.69, 9.17) is 5.11 Å². The first kappa shape index (κ1) is 17.3. The average molecular weight is 329 g/mol. The summed E-state index contributed by atoms with van der Waals surface area (Å²) in [5.74, 6) is -2.43. The van der Waals surface area contributed by atoms with Gasteiger partial charge in [-0.2, -0.15) is 13.2 Å². The molecule has 0 aliphatic heterocycles. The SMILES string of the molecule is O=C(CC1CCCc2ccccc21)NC(CC(F)(F)F)C(=O)O. The Kier molecular flexibility index (Phi) is 5.28. The number of halogens is 3. The molecule has 1 aromatic carbocycles. The van der Waals surface area contributed by atoms with Crippen LogP contribution >= 0.6 is 0 Å². The Morgan fingerprint density at radius 1 is 1.30 bits per heavy atom. The molecule has 2 atom stereocenters. The van der Waals surface area contributed by atoms with Crippen molar-refractivity contribution >= 4 is 11.9 Å². The van der Waals surface area contributed by atoms with Crippen molar-refractivity contribution in [2.45, 2.75) is 50.2 Å². The van der Waals surface area contributed by atoms with Gasteiger partial charge in [0.15, 0.2) is 0 Å². The molecule has 2 unspecified atom stereocenters. The number of aliphatic carboxylic acids is 1. The van der Waals surface area contributed by atoms with Crippen molar-refractivity contribution in [1.82, 2.24) is 5.32 Å². The second kappa shape index (κ2) is 7.02. The highest BCUT2D eigenvalue weighted by molar-refractivity contribution is 5.84. The van der Waals surface area contributed by atoms with Gasteiger partial charge >= 0.3 is 12.1 Å². The fourth-order valence-corrected chi connectivity index (χ4v) is 2.98. The van der Waals surface area contributed by atoms with Crippen molar-refractivity contribution < 1.29 is 27.9 Å². The van der Waals surface area contributed by atoms with Crippen LogP contribution < -0.4 is 5.32 Å². The van der Waals surface area contributed by atoms with E-state index >= 15 is 0 Å². The lowest BCUT2D eigenvalue weighted by molar-refractivity contribution is -0.160. The lowest BCUT2D eigenvalue weighted by atomic mass is 9.81. The molecule has 126 valence electrons. The summed E-state index contributed by atoms with van der Waals surface area (Å²) in [4.78, 5) is 22.9. The maximum atomic E-state index is 12.4. The summed E-state index contributed by atoms with van der Waals surface area (Å²) < 4.78 is 37.1. The van der Waals surface area contributed by atoms with Crippen LogP contribution in [-0.2, 0) is 16.0 Å². The van der Waals surface area contributed by atoms with E-state index in [-0.39, 0.29) is 12.3 Å². The Balaban J connectivity index is 2.00. The van der Waals surface area contributed by atoms with Gasteiger partial charge < -0.3 is 10.4 Å². The molecule has 0 radical (unpaired) electrons. The molecule has 0 bridgehead atoms. The summed E-state index contributed by atoms with van der Waals surface area (Å²) in [7, 11) is 0. The Morgan fingerprint density at radius 3 is 2.65 bits per heavy atom. The van der Waals surface area contributed by atoms with E-state index in [9.17, 15) is 22.8 Å². The number of amides is 1. The van der Waals surface area contributed by atoms with Crippen LogP contribution in [0.2, 0.25) is 0 Å². The number of carbonyl (C=O) groups is 2. The van der Waals surface area contributed by atoms with Crippen molar-refractivity contribution in [3.8, 4) is 0 Å². The van der Waals surface area contributed by atoms with Crippen molar-refractivity contribution in [2.75, 3.05) is 0 Å². The molecule has 0 saturated heterocycles. The first-order valence-corrected chi connectivity index (χ1v) is 7.43. The van der Waals surface area contributed by atoms with E-state index in [1.807, 2.05) is 29.6 Å². The molecule has 1 aliphatic rings. The lowest BCUT2D eigenvalue weighted by Crippen LogP contribution is -2.44. The largest absolute Gasteiger partial charge is 0.480 e. The van der Waals surface area contributed by atoms with E-state index in [0.717, 1.165) is 30.4 Å². The third-order valence-electron chi connectivity index (χ3n) is 3.99. The predicted octanol–water partition coefficient (Wildman–Crippen LogP) is 3.02. The summed E-state index contributed by atoms with van der Waals surface area (Å²) in [6, 6.07) is 5.71. The number of benzene rings is 1. The first-order chi connectivity index (χ1) is 10.8. The second-order valence-electron chi connectivity index (χ2n) is 5.77. The van der Waals surface area contributed by atoms with Gasteiger partial charge in [0.25, 0.3) is 0 Å². The van der Waals surface area contributed by atoms with E-state index in [2.05, 4.69) is 0 Å². The summed E-state index contributed by atoms with van der Waals surface area (Å²) in [6.45, 7) is 0. The molecule has 23 heavy (non-hydrogen) atoms. The number of carboxylic acid groups (broad SMARTS) is 1. The lowest BCUT2D eigenvalue weighted by Gasteiger charge is -2.25. The molecule has 1 aliphatic carbocycles. The van der Waals surface area contributed by atoms with Gasteiger partial charge in [0.2, 0.25) is 5.91 Å². The van der Waals surface area contributed by atoms with Gasteiger partial charge in [-0.25, -0.2) is 4.79 Å². The van der Waals surface area contributed by atoms with Gasteiger partial charge in [-0.05, 0) is 36.3 Å². The average Bonchev–Trinajstić information content (AvgIpc) is 2.45. The minimum atomic E-state index is -4.65. The van der Waals surface area contributed by atoms with Crippen molar-refractivity contribution in [1.29, 1.82) is 0 Å². The van der Waals surface area contributed by atoms with Gasteiger partial charge in [0, 0.05) is 6.42 Å². The number of nitrogens with one attached hydrogen (secondary N) is 1. The van der Waals surface area contributed by atoms with Crippen LogP contribution in [0.1, 0.15) is 42.7 Å². The molecule has 0 heterocycles. The number of fused-ring (bicyclic) bond motifs is 1.